The van der Waals surface area contributed by atoms with Crippen molar-refractivity contribution in [3.05, 3.63) is 0 Å². The van der Waals surface area contributed by atoms with Crippen LogP contribution in [-0.4, -0.2) is 45.2 Å². The van der Waals surface area contributed by atoms with Crippen molar-refractivity contribution in [2.75, 3.05) is 24.7 Å². The molecule has 1 heterocycles. The van der Waals surface area contributed by atoms with Crippen LogP contribution in [-0.2, 0) is 14.6 Å². The molecular formula is C12H25NO3S. The summed E-state index contributed by atoms with van der Waals surface area (Å²) in [6, 6.07) is 0.0939. The van der Waals surface area contributed by atoms with Gasteiger partial charge in [-0.2, -0.15) is 0 Å². The minimum absolute atomic E-state index is 0.0658. The summed E-state index contributed by atoms with van der Waals surface area (Å²) in [4.78, 5) is 0. The van der Waals surface area contributed by atoms with Gasteiger partial charge < -0.3 is 10.1 Å². The van der Waals surface area contributed by atoms with Gasteiger partial charge in [-0.15, -0.1) is 0 Å². The summed E-state index contributed by atoms with van der Waals surface area (Å²) >= 11 is 0. The van der Waals surface area contributed by atoms with Crippen LogP contribution in [0.2, 0.25) is 0 Å². The SMILES string of the molecule is CCCC(CS(=O)(=O)CC1CCCO1)NCC. The predicted molar refractivity (Wildman–Crippen MR) is 70.0 cm³/mol. The lowest BCUT2D eigenvalue weighted by Crippen LogP contribution is -2.37. The first-order chi connectivity index (χ1) is 8.07. The van der Waals surface area contributed by atoms with Crippen LogP contribution in [0.1, 0.15) is 39.5 Å². The van der Waals surface area contributed by atoms with Crippen molar-refractivity contribution in [3.63, 3.8) is 0 Å². The van der Waals surface area contributed by atoms with Gasteiger partial charge in [-0.3, -0.25) is 0 Å². The summed E-state index contributed by atoms with van der Waals surface area (Å²) in [6.07, 6.45) is 3.74. The highest BCUT2D eigenvalue weighted by molar-refractivity contribution is 7.91. The van der Waals surface area contributed by atoms with Crippen molar-refractivity contribution in [2.45, 2.75) is 51.7 Å². The number of hydrogen-bond donors (Lipinski definition) is 1. The Morgan fingerprint density at radius 1 is 1.41 bits per heavy atom. The molecule has 4 nitrogen and oxygen atoms in total. The Balaban J connectivity index is 2.44. The molecule has 2 unspecified atom stereocenters. The normalized spacial score (nSPS) is 22.8. The number of rotatable bonds is 8. The Morgan fingerprint density at radius 2 is 2.18 bits per heavy atom. The lowest BCUT2D eigenvalue weighted by molar-refractivity contribution is 0.127. The molecule has 5 heteroatoms. The number of sulfone groups is 1. The van der Waals surface area contributed by atoms with Gasteiger partial charge in [-0.1, -0.05) is 20.3 Å². The summed E-state index contributed by atoms with van der Waals surface area (Å²) < 4.78 is 29.4. The van der Waals surface area contributed by atoms with Gasteiger partial charge in [0.1, 0.15) is 0 Å². The fourth-order valence-corrected chi connectivity index (χ4v) is 4.18. The number of ether oxygens (including phenoxy) is 1. The maximum Gasteiger partial charge on any atom is 0.154 e. The van der Waals surface area contributed by atoms with Gasteiger partial charge in [-0.25, -0.2) is 8.42 Å². The molecule has 0 aromatic carbocycles. The third-order valence-corrected chi connectivity index (χ3v) is 4.84. The van der Waals surface area contributed by atoms with Gasteiger partial charge in [0.15, 0.2) is 9.84 Å². The van der Waals surface area contributed by atoms with Gasteiger partial charge in [-0.05, 0) is 25.8 Å². The Hall–Kier alpha value is -0.130. The smallest absolute Gasteiger partial charge is 0.154 e. The van der Waals surface area contributed by atoms with Gasteiger partial charge in [0.2, 0.25) is 0 Å². The Labute approximate surface area is 105 Å². The van der Waals surface area contributed by atoms with Crippen molar-refractivity contribution in [1.29, 1.82) is 0 Å². The minimum atomic E-state index is -3.00. The molecule has 0 radical (unpaired) electrons. The lowest BCUT2D eigenvalue weighted by atomic mass is 10.2. The first-order valence-electron chi connectivity index (χ1n) is 6.62. The zero-order valence-electron chi connectivity index (χ0n) is 10.9. The molecule has 0 bridgehead atoms. The molecule has 0 spiro atoms. The second-order valence-corrected chi connectivity index (χ2v) is 6.91. The third-order valence-electron chi connectivity index (χ3n) is 3.05. The van der Waals surface area contributed by atoms with Gasteiger partial charge in [0.05, 0.1) is 17.6 Å². The Bertz CT molecular complexity index is 291. The predicted octanol–water partition coefficient (Wildman–Crippen LogP) is 1.36. The Kier molecular flexibility index (Phi) is 6.44. The second kappa shape index (κ2) is 7.34. The van der Waals surface area contributed by atoms with E-state index in [4.69, 9.17) is 4.74 Å². The average molecular weight is 263 g/mol. The van der Waals surface area contributed by atoms with E-state index in [0.717, 1.165) is 32.2 Å². The summed E-state index contributed by atoms with van der Waals surface area (Å²) in [5.74, 6) is 0.438. The van der Waals surface area contributed by atoms with E-state index in [1.807, 2.05) is 6.92 Å². The molecule has 1 N–H and O–H groups in total. The molecule has 17 heavy (non-hydrogen) atoms. The monoisotopic (exact) mass is 263 g/mol. The molecule has 0 amide bonds. The van der Waals surface area contributed by atoms with Crippen molar-refractivity contribution in [1.82, 2.24) is 5.32 Å². The maximum absolute atomic E-state index is 12.0. The van der Waals surface area contributed by atoms with E-state index in [1.54, 1.807) is 0 Å². The van der Waals surface area contributed by atoms with Crippen LogP contribution in [0.5, 0.6) is 0 Å². The van der Waals surface area contributed by atoms with E-state index in [1.165, 1.54) is 0 Å². The van der Waals surface area contributed by atoms with Gasteiger partial charge >= 0.3 is 0 Å². The van der Waals surface area contributed by atoms with Crippen molar-refractivity contribution in [3.8, 4) is 0 Å². The molecule has 2 atom stereocenters. The minimum Gasteiger partial charge on any atom is -0.377 e. The van der Waals surface area contributed by atoms with E-state index in [-0.39, 0.29) is 23.7 Å². The molecule has 0 saturated carbocycles. The first-order valence-corrected chi connectivity index (χ1v) is 8.45. The van der Waals surface area contributed by atoms with Crippen LogP contribution < -0.4 is 5.32 Å². The lowest BCUT2D eigenvalue weighted by Gasteiger charge is -2.18. The average Bonchev–Trinajstić information content (AvgIpc) is 2.69. The molecule has 0 aliphatic carbocycles. The highest BCUT2D eigenvalue weighted by atomic mass is 32.2. The number of nitrogens with one attached hydrogen (secondary N) is 1. The van der Waals surface area contributed by atoms with E-state index < -0.39 is 9.84 Å². The molecule has 1 aliphatic heterocycles. The van der Waals surface area contributed by atoms with Gasteiger partial charge in [0, 0.05) is 12.6 Å². The van der Waals surface area contributed by atoms with Crippen LogP contribution in [0.15, 0.2) is 0 Å². The molecule has 0 aromatic heterocycles. The summed E-state index contributed by atoms with van der Waals surface area (Å²) in [6.45, 7) is 5.62. The fourth-order valence-electron chi connectivity index (χ4n) is 2.32. The standard InChI is InChI=1S/C12H25NO3S/c1-3-6-11(13-4-2)9-17(14,15)10-12-7-5-8-16-12/h11-13H,3-10H2,1-2H3. The van der Waals surface area contributed by atoms with Crippen molar-refractivity contribution in [2.24, 2.45) is 0 Å². The highest BCUT2D eigenvalue weighted by Gasteiger charge is 2.25. The summed E-state index contributed by atoms with van der Waals surface area (Å²) in [5, 5.41) is 3.24. The maximum atomic E-state index is 12.0. The highest BCUT2D eigenvalue weighted by Crippen LogP contribution is 2.15. The van der Waals surface area contributed by atoms with Crippen LogP contribution in [0.3, 0.4) is 0 Å². The van der Waals surface area contributed by atoms with Crippen molar-refractivity contribution < 1.29 is 13.2 Å². The fraction of sp³-hybridized carbons (Fsp3) is 1.00. The molecular weight excluding hydrogens is 238 g/mol. The molecule has 102 valence electrons. The Morgan fingerprint density at radius 3 is 2.71 bits per heavy atom. The summed E-state index contributed by atoms with van der Waals surface area (Å²) in [5.41, 5.74) is 0. The first kappa shape index (κ1) is 14.9. The van der Waals surface area contributed by atoms with E-state index in [2.05, 4.69) is 12.2 Å². The zero-order valence-corrected chi connectivity index (χ0v) is 11.8. The number of hydrogen-bond acceptors (Lipinski definition) is 4. The second-order valence-electron chi connectivity index (χ2n) is 4.76. The molecule has 1 rings (SSSR count). The molecule has 1 aliphatic rings. The van der Waals surface area contributed by atoms with E-state index in [9.17, 15) is 8.42 Å². The van der Waals surface area contributed by atoms with Crippen LogP contribution in [0.25, 0.3) is 0 Å². The van der Waals surface area contributed by atoms with Crippen LogP contribution >= 0.6 is 0 Å². The third kappa shape index (κ3) is 5.84. The quantitative estimate of drug-likeness (QED) is 0.718. The topological polar surface area (TPSA) is 55.4 Å². The van der Waals surface area contributed by atoms with Gasteiger partial charge in [0.25, 0.3) is 0 Å². The largest absolute Gasteiger partial charge is 0.377 e. The van der Waals surface area contributed by atoms with Crippen LogP contribution in [0.4, 0.5) is 0 Å². The van der Waals surface area contributed by atoms with E-state index in [0.29, 0.717) is 6.61 Å². The molecule has 0 aromatic rings. The molecule has 1 saturated heterocycles. The van der Waals surface area contributed by atoms with E-state index >= 15 is 0 Å². The van der Waals surface area contributed by atoms with Crippen molar-refractivity contribution >= 4 is 9.84 Å². The van der Waals surface area contributed by atoms with Crippen LogP contribution in [0, 0.1) is 0 Å². The zero-order chi connectivity index (χ0) is 12.7. The summed E-state index contributed by atoms with van der Waals surface area (Å²) in [7, 11) is -3.00. The molecule has 1 fully saturated rings.